The maximum Gasteiger partial charge on any atom is 0.139 e. The van der Waals surface area contributed by atoms with E-state index in [0.717, 1.165) is 0 Å². The lowest BCUT2D eigenvalue weighted by Crippen LogP contribution is -2.62. The Labute approximate surface area is 81.4 Å². The summed E-state index contributed by atoms with van der Waals surface area (Å²) in [5.74, 6) is 0. The molecule has 14 heavy (non-hydrogen) atoms. The van der Waals surface area contributed by atoms with Crippen LogP contribution in [-0.4, -0.2) is 75.7 Å². The van der Waals surface area contributed by atoms with E-state index in [-0.39, 0.29) is 19.7 Å². The van der Waals surface area contributed by atoms with Crippen LogP contribution in [0.15, 0.2) is 0 Å². The monoisotopic (exact) mass is 205 g/mol. The summed E-state index contributed by atoms with van der Waals surface area (Å²) in [7, 11) is 0. The van der Waals surface area contributed by atoms with E-state index >= 15 is 0 Å². The fourth-order valence-corrected chi connectivity index (χ4v) is 1.65. The molecule has 6 heteroatoms. The van der Waals surface area contributed by atoms with Crippen LogP contribution in [0.1, 0.15) is 0 Å². The second-order valence-electron chi connectivity index (χ2n) is 3.39. The number of likely N-dealkylation sites (tertiary alicyclic amines) is 1. The first-order chi connectivity index (χ1) is 6.61. The summed E-state index contributed by atoms with van der Waals surface area (Å²) in [5, 5.41) is 36.7. The van der Waals surface area contributed by atoms with Crippen molar-refractivity contribution in [2.75, 3.05) is 19.7 Å². The van der Waals surface area contributed by atoms with Crippen molar-refractivity contribution < 1.29 is 25.2 Å². The van der Waals surface area contributed by atoms with Gasteiger partial charge in [0.2, 0.25) is 0 Å². The second-order valence-corrected chi connectivity index (χ2v) is 3.39. The zero-order valence-electron chi connectivity index (χ0n) is 7.65. The highest BCUT2D eigenvalue weighted by Gasteiger charge is 2.40. The van der Waals surface area contributed by atoms with Gasteiger partial charge in [0, 0.05) is 13.1 Å². The summed E-state index contributed by atoms with van der Waals surface area (Å²) >= 11 is 0. The van der Waals surface area contributed by atoms with Crippen molar-refractivity contribution in [1.29, 1.82) is 0 Å². The van der Waals surface area contributed by atoms with Crippen LogP contribution in [0.2, 0.25) is 0 Å². The molecule has 0 spiro atoms. The summed E-state index contributed by atoms with van der Waals surface area (Å²) < 4.78 is 0. The van der Waals surface area contributed by atoms with Crippen LogP contribution in [0.4, 0.5) is 0 Å². The zero-order valence-corrected chi connectivity index (χ0v) is 7.65. The third-order valence-corrected chi connectivity index (χ3v) is 2.46. The first-order valence-electron chi connectivity index (χ1n) is 4.46. The Morgan fingerprint density at radius 3 is 2.43 bits per heavy atom. The molecule has 0 aromatic rings. The number of carbonyl (C=O) groups is 1. The molecule has 1 saturated heterocycles. The van der Waals surface area contributed by atoms with Crippen molar-refractivity contribution >= 4 is 6.29 Å². The molecule has 0 radical (unpaired) electrons. The number of carbonyl (C=O) groups excluding carboxylic acids is 1. The number of rotatable bonds is 3. The minimum Gasteiger partial charge on any atom is -0.395 e. The van der Waals surface area contributed by atoms with Crippen LogP contribution in [0, 0.1) is 0 Å². The third-order valence-electron chi connectivity index (χ3n) is 2.46. The van der Waals surface area contributed by atoms with E-state index in [2.05, 4.69) is 0 Å². The molecule has 0 amide bonds. The van der Waals surface area contributed by atoms with Crippen LogP contribution in [0.25, 0.3) is 0 Å². The summed E-state index contributed by atoms with van der Waals surface area (Å²) in [4.78, 5) is 12.1. The van der Waals surface area contributed by atoms with Crippen molar-refractivity contribution in [2.45, 2.75) is 24.4 Å². The summed E-state index contributed by atoms with van der Waals surface area (Å²) in [6.45, 7) is 0.0896. The number of hydrogen-bond donors (Lipinski definition) is 4. The molecule has 0 aromatic heterocycles. The van der Waals surface area contributed by atoms with Gasteiger partial charge in [-0.05, 0) is 0 Å². The van der Waals surface area contributed by atoms with Gasteiger partial charge in [-0.15, -0.1) is 0 Å². The molecular formula is C8H15NO5. The third kappa shape index (κ3) is 2.10. The van der Waals surface area contributed by atoms with Gasteiger partial charge in [0.15, 0.2) is 0 Å². The maximum atomic E-state index is 10.6. The summed E-state index contributed by atoms with van der Waals surface area (Å²) in [5.41, 5.74) is 0. The predicted octanol–water partition coefficient (Wildman–Crippen LogP) is -3.06. The van der Waals surface area contributed by atoms with Gasteiger partial charge in [-0.1, -0.05) is 0 Å². The topological polar surface area (TPSA) is 101 Å². The smallest absolute Gasteiger partial charge is 0.139 e. The molecule has 1 fully saturated rings. The molecule has 0 saturated carbocycles. The first-order valence-corrected chi connectivity index (χ1v) is 4.46. The van der Waals surface area contributed by atoms with Crippen molar-refractivity contribution in [1.82, 2.24) is 4.90 Å². The van der Waals surface area contributed by atoms with E-state index in [1.54, 1.807) is 0 Å². The normalized spacial score (nSPS) is 39.7. The molecule has 1 aliphatic rings. The number of β-amino-alcohol motifs (C(OH)–C–C–N with tert-alkyl or cyclic N) is 2. The zero-order chi connectivity index (χ0) is 10.7. The average molecular weight is 205 g/mol. The molecule has 0 aliphatic carbocycles. The van der Waals surface area contributed by atoms with Crippen LogP contribution in [0.5, 0.6) is 0 Å². The van der Waals surface area contributed by atoms with E-state index in [1.807, 2.05) is 0 Å². The van der Waals surface area contributed by atoms with Crippen molar-refractivity contribution in [3.63, 3.8) is 0 Å². The van der Waals surface area contributed by atoms with Gasteiger partial charge < -0.3 is 25.2 Å². The standard InChI is InChI=1S/C8H15NO5/c10-2-1-9-3-6(12)8(14)7(13)5(9)4-11/h4-8,10,12-14H,1-3H2/t5-,6-,7+,8+/m0/s1. The van der Waals surface area contributed by atoms with Gasteiger partial charge in [-0.2, -0.15) is 0 Å². The van der Waals surface area contributed by atoms with E-state index < -0.39 is 24.4 Å². The molecule has 4 N–H and O–H groups in total. The van der Waals surface area contributed by atoms with Crippen molar-refractivity contribution in [2.24, 2.45) is 0 Å². The van der Waals surface area contributed by atoms with Gasteiger partial charge in [0.25, 0.3) is 0 Å². The van der Waals surface area contributed by atoms with Gasteiger partial charge in [0.05, 0.1) is 18.8 Å². The highest BCUT2D eigenvalue weighted by molar-refractivity contribution is 5.59. The lowest BCUT2D eigenvalue weighted by Gasteiger charge is -2.40. The SMILES string of the molecule is O=C[C@H]1[C@@H](O)[C@H](O)[C@@H](O)CN1CCO. The molecule has 1 heterocycles. The molecular weight excluding hydrogens is 190 g/mol. The molecule has 82 valence electrons. The summed E-state index contributed by atoms with van der Waals surface area (Å²) in [6.07, 6.45) is -3.19. The Balaban J connectivity index is 2.71. The van der Waals surface area contributed by atoms with Gasteiger partial charge in [-0.25, -0.2) is 0 Å². The Morgan fingerprint density at radius 2 is 1.93 bits per heavy atom. The molecule has 1 aliphatic heterocycles. The van der Waals surface area contributed by atoms with Crippen LogP contribution in [-0.2, 0) is 4.79 Å². The fourth-order valence-electron chi connectivity index (χ4n) is 1.65. The van der Waals surface area contributed by atoms with E-state index in [0.29, 0.717) is 6.29 Å². The predicted molar refractivity (Wildman–Crippen MR) is 46.5 cm³/mol. The van der Waals surface area contributed by atoms with Crippen molar-refractivity contribution in [3.05, 3.63) is 0 Å². The van der Waals surface area contributed by atoms with Gasteiger partial charge >= 0.3 is 0 Å². The first kappa shape index (κ1) is 11.5. The Bertz CT molecular complexity index is 200. The van der Waals surface area contributed by atoms with E-state index in [9.17, 15) is 20.1 Å². The number of piperidine rings is 1. The van der Waals surface area contributed by atoms with Crippen molar-refractivity contribution in [3.8, 4) is 0 Å². The number of nitrogens with zero attached hydrogens (tertiary/aromatic N) is 1. The maximum absolute atomic E-state index is 10.6. The quantitative estimate of drug-likeness (QED) is 0.365. The Morgan fingerprint density at radius 1 is 1.29 bits per heavy atom. The highest BCUT2D eigenvalue weighted by atomic mass is 16.4. The van der Waals surface area contributed by atoms with Gasteiger partial charge in [-0.3, -0.25) is 4.90 Å². The molecule has 4 atom stereocenters. The fraction of sp³-hybridized carbons (Fsp3) is 0.875. The lowest BCUT2D eigenvalue weighted by atomic mass is 9.95. The lowest BCUT2D eigenvalue weighted by molar-refractivity contribution is -0.148. The van der Waals surface area contributed by atoms with Gasteiger partial charge in [0.1, 0.15) is 18.5 Å². The van der Waals surface area contributed by atoms with Crippen LogP contribution < -0.4 is 0 Å². The molecule has 0 unspecified atom stereocenters. The molecule has 1 rings (SSSR count). The van der Waals surface area contributed by atoms with Crippen LogP contribution >= 0.6 is 0 Å². The minimum absolute atomic E-state index is 0.0716. The molecule has 0 aromatic carbocycles. The van der Waals surface area contributed by atoms with E-state index in [1.165, 1.54) is 4.90 Å². The number of aliphatic hydroxyl groups is 4. The molecule has 6 nitrogen and oxygen atoms in total. The average Bonchev–Trinajstić information content (AvgIpc) is 2.16. The number of aliphatic hydroxyl groups excluding tert-OH is 4. The number of aldehydes is 1. The number of hydrogen-bond acceptors (Lipinski definition) is 6. The second kappa shape index (κ2) is 4.81. The molecule has 0 bridgehead atoms. The Kier molecular flexibility index (Phi) is 3.97. The highest BCUT2D eigenvalue weighted by Crippen LogP contribution is 2.17. The van der Waals surface area contributed by atoms with Crippen LogP contribution in [0.3, 0.4) is 0 Å². The van der Waals surface area contributed by atoms with E-state index in [4.69, 9.17) is 5.11 Å². The largest absolute Gasteiger partial charge is 0.395 e. The Hall–Kier alpha value is -0.530. The minimum atomic E-state index is -1.31. The summed E-state index contributed by atoms with van der Waals surface area (Å²) in [6, 6.07) is -0.861.